The van der Waals surface area contributed by atoms with Gasteiger partial charge in [-0.1, -0.05) is 91.8 Å². The van der Waals surface area contributed by atoms with Crippen LogP contribution in [0.3, 0.4) is 0 Å². The quantitative estimate of drug-likeness (QED) is 0.436. The summed E-state index contributed by atoms with van der Waals surface area (Å²) >= 11 is 0. The molecule has 1 heterocycles. The topological polar surface area (TPSA) is 52.5 Å². The van der Waals surface area contributed by atoms with Crippen molar-refractivity contribution in [3.63, 3.8) is 0 Å². The van der Waals surface area contributed by atoms with E-state index in [1.807, 2.05) is 0 Å². The molecule has 0 saturated carbocycles. The summed E-state index contributed by atoms with van der Waals surface area (Å²) < 4.78 is 4.18. The number of anilines is 1. The van der Waals surface area contributed by atoms with Crippen molar-refractivity contribution >= 4 is 25.9 Å². The fourth-order valence-corrected chi connectivity index (χ4v) is 7.81. The van der Waals surface area contributed by atoms with Crippen molar-refractivity contribution in [3.8, 4) is 0 Å². The number of nitrogens with two attached hydrogens (primary N) is 1. The van der Waals surface area contributed by atoms with Gasteiger partial charge in [0.05, 0.1) is 0 Å². The van der Waals surface area contributed by atoms with Crippen molar-refractivity contribution < 1.29 is 9.04 Å². The van der Waals surface area contributed by atoms with Gasteiger partial charge in [0.2, 0.25) is 0 Å². The van der Waals surface area contributed by atoms with Crippen molar-refractivity contribution in [1.82, 2.24) is 0 Å². The van der Waals surface area contributed by atoms with Crippen molar-refractivity contribution in [2.45, 2.75) is 92.9 Å². The lowest BCUT2D eigenvalue weighted by Gasteiger charge is -2.38. The highest BCUT2D eigenvalue weighted by Gasteiger charge is 2.59. The van der Waals surface area contributed by atoms with Crippen LogP contribution >= 0.6 is 0 Å². The number of benzene rings is 2. The average Bonchev–Trinajstić information content (AvgIpc) is 2.72. The predicted molar refractivity (Wildman–Crippen MR) is 148 cm³/mol. The minimum Gasteiger partial charge on any atom is -0.349 e. The van der Waals surface area contributed by atoms with Crippen LogP contribution in [-0.2, 0) is 0 Å². The first-order chi connectivity index (χ1) is 15.8. The second-order valence-electron chi connectivity index (χ2n) is 11.0. The molecule has 3 N–H and O–H groups in total. The van der Waals surface area contributed by atoms with E-state index in [1.165, 1.54) is 22.3 Å². The van der Waals surface area contributed by atoms with E-state index in [0.717, 1.165) is 22.8 Å². The molecule has 0 saturated heterocycles. The number of hydrogen-bond donors (Lipinski definition) is 2. The van der Waals surface area contributed by atoms with Crippen LogP contribution < -0.4 is 9.96 Å². The van der Waals surface area contributed by atoms with Crippen LogP contribution in [0, 0.1) is 0 Å². The molecular formula is C29H44N3OSi+. The van der Waals surface area contributed by atoms with Crippen LogP contribution in [-0.4, -0.2) is 23.6 Å². The van der Waals surface area contributed by atoms with Crippen LogP contribution in [0.1, 0.15) is 115 Å². The van der Waals surface area contributed by atoms with E-state index in [-0.39, 0.29) is 0 Å². The van der Waals surface area contributed by atoms with Gasteiger partial charge in [-0.25, -0.2) is 4.24 Å². The summed E-state index contributed by atoms with van der Waals surface area (Å²) in [4.78, 5) is 12.5. The first-order valence-corrected chi connectivity index (χ1v) is 14.6. The van der Waals surface area contributed by atoms with Crippen LogP contribution in [0.25, 0.3) is 0 Å². The first kappa shape index (κ1) is 26.4. The molecule has 0 bridgehead atoms. The third kappa shape index (κ3) is 4.53. The number of rotatable bonds is 6. The van der Waals surface area contributed by atoms with Crippen molar-refractivity contribution in [1.29, 1.82) is 0 Å². The lowest BCUT2D eigenvalue weighted by molar-refractivity contribution is -0.324. The van der Waals surface area contributed by atoms with Gasteiger partial charge < -0.3 is 4.80 Å². The Bertz CT molecular complexity index is 1070. The van der Waals surface area contributed by atoms with E-state index >= 15 is 0 Å². The van der Waals surface area contributed by atoms with Gasteiger partial charge in [-0.15, -0.1) is 0 Å². The van der Waals surface area contributed by atoms with Crippen molar-refractivity contribution in [3.05, 3.63) is 70.4 Å². The third-order valence-electron chi connectivity index (χ3n) is 6.91. The summed E-state index contributed by atoms with van der Waals surface area (Å²) in [6.45, 7) is 21.8. The van der Waals surface area contributed by atoms with Gasteiger partial charge in [0, 0.05) is 35.5 Å². The number of nitrogens with zero attached hydrogens (tertiary/aromatic N) is 2. The number of para-hydroxylation sites is 2. The highest BCUT2D eigenvalue weighted by Crippen LogP contribution is 2.43. The third-order valence-corrected chi connectivity index (χ3v) is 9.38. The van der Waals surface area contributed by atoms with Gasteiger partial charge in [0.1, 0.15) is 0 Å². The maximum atomic E-state index is 12.5. The van der Waals surface area contributed by atoms with E-state index in [4.69, 9.17) is 5.40 Å². The summed E-state index contributed by atoms with van der Waals surface area (Å²) in [5.41, 5.74) is 9.01. The molecule has 0 fully saturated rings. The van der Waals surface area contributed by atoms with E-state index in [9.17, 15) is 4.80 Å². The van der Waals surface area contributed by atoms with Gasteiger partial charge in [0.15, 0.2) is 11.4 Å². The number of allylic oxidation sites excluding steroid dienone is 2. The summed E-state index contributed by atoms with van der Waals surface area (Å²) in [5, 5.41) is 7.17. The number of hydrogen-bond acceptors (Lipinski definition) is 3. The largest absolute Gasteiger partial charge is 0.739 e. The van der Waals surface area contributed by atoms with Crippen LogP contribution in [0.15, 0.2) is 48.2 Å². The molecule has 0 amide bonds. The molecule has 3 rings (SSSR count). The average molecular weight is 479 g/mol. The van der Waals surface area contributed by atoms with E-state index in [1.54, 1.807) is 0 Å². The molecule has 2 aromatic carbocycles. The maximum absolute atomic E-state index is 12.5. The Labute approximate surface area is 208 Å². The fraction of sp³-hybridized carbons (Fsp3) is 0.483. The molecule has 5 heteroatoms. The van der Waals surface area contributed by atoms with E-state index in [0.29, 0.717) is 23.7 Å². The van der Waals surface area contributed by atoms with Crippen LogP contribution in [0.2, 0.25) is 0 Å². The Balaban J connectivity index is 2.40. The molecule has 1 aliphatic rings. The predicted octanol–water partition coefficient (Wildman–Crippen LogP) is 7.10. The molecule has 0 aliphatic carbocycles. The maximum Gasteiger partial charge on any atom is 0.739 e. The van der Waals surface area contributed by atoms with Crippen LogP contribution in [0.4, 0.5) is 11.4 Å². The Kier molecular flexibility index (Phi) is 7.61. The molecule has 184 valence electrons. The Morgan fingerprint density at radius 2 is 1.12 bits per heavy atom. The smallest absolute Gasteiger partial charge is 0.349 e. The SMILES string of the molecule is CC1=CC(C)=[N+](c2c(C(C)C)cccc2C(C)C)[Si@](N)(O)N1c1c(C(C)C)cccc1C(C)C. The second-order valence-corrected chi connectivity index (χ2v) is 13.2. The lowest BCUT2D eigenvalue weighted by Crippen LogP contribution is -2.71. The highest BCUT2D eigenvalue weighted by molar-refractivity contribution is 6.68. The minimum atomic E-state index is -3.70. The monoisotopic (exact) mass is 478 g/mol. The summed E-state index contributed by atoms with van der Waals surface area (Å²) in [6, 6.07) is 13.0. The van der Waals surface area contributed by atoms with Crippen LogP contribution in [0.5, 0.6) is 0 Å². The van der Waals surface area contributed by atoms with E-state index < -0.39 is 8.80 Å². The van der Waals surface area contributed by atoms with Gasteiger partial charge >= 0.3 is 8.80 Å². The lowest BCUT2D eigenvalue weighted by atomic mass is 9.92. The molecule has 1 atom stereocenters. The minimum absolute atomic E-state index is 0.306. The standard InChI is InChI=1S/C29H44N3OSi/c1-18(2)24-13-11-14-25(19(3)4)28(24)31-22(9)17-23(10)32(34(31,30)33)29-26(20(5)6)15-12-16-27(29)21(7)8/h11-21,33H,30H2,1-10H3/q+1. The first-order valence-electron chi connectivity index (χ1n) is 12.7. The van der Waals surface area contributed by atoms with Crippen molar-refractivity contribution in [2.75, 3.05) is 4.57 Å². The summed E-state index contributed by atoms with van der Waals surface area (Å²) in [7, 11) is -3.70. The molecule has 1 aliphatic heterocycles. The molecule has 0 spiro atoms. The highest BCUT2D eigenvalue weighted by atomic mass is 28.4. The fourth-order valence-electron chi connectivity index (χ4n) is 5.27. The molecule has 0 radical (unpaired) electrons. The summed E-state index contributed by atoms with van der Waals surface area (Å²) in [5.74, 6) is 1.23. The van der Waals surface area contributed by atoms with Crippen molar-refractivity contribution in [2.24, 2.45) is 5.40 Å². The van der Waals surface area contributed by atoms with Gasteiger partial charge in [-0.2, -0.15) is 0 Å². The molecule has 34 heavy (non-hydrogen) atoms. The van der Waals surface area contributed by atoms with Gasteiger partial charge in [0.25, 0.3) is 0 Å². The molecular weight excluding hydrogens is 434 g/mol. The molecule has 0 aromatic heterocycles. The molecule has 4 nitrogen and oxygen atoms in total. The van der Waals surface area contributed by atoms with E-state index in [2.05, 4.69) is 121 Å². The van der Waals surface area contributed by atoms with Gasteiger partial charge in [-0.3, -0.25) is 9.96 Å². The van der Waals surface area contributed by atoms with Gasteiger partial charge in [-0.05, 0) is 41.7 Å². The Morgan fingerprint density at radius 3 is 1.50 bits per heavy atom. The molecule has 2 aromatic rings. The Morgan fingerprint density at radius 1 is 0.735 bits per heavy atom. The summed E-state index contributed by atoms with van der Waals surface area (Å²) in [6.07, 6.45) is 2.18. The Hall–Kier alpha value is -2.21. The zero-order valence-corrected chi connectivity index (χ0v) is 23.8. The second kappa shape index (κ2) is 9.80. The zero-order chi connectivity index (χ0) is 25.5. The zero-order valence-electron chi connectivity index (χ0n) is 22.8. The molecule has 0 unspecified atom stereocenters. The normalized spacial score (nSPS) is 19.2.